The second-order valence-electron chi connectivity index (χ2n) is 5.79. The maximum atomic E-state index is 10.7. The number of hydrogen-bond donors (Lipinski definition) is 2. The molecule has 4 nitrogen and oxygen atoms in total. The summed E-state index contributed by atoms with van der Waals surface area (Å²) in [4.78, 5) is 0. The fourth-order valence-electron chi connectivity index (χ4n) is 2.82. The Morgan fingerprint density at radius 1 is 1.53 bits per heavy atom. The third-order valence-electron chi connectivity index (χ3n) is 4.18. The van der Waals surface area contributed by atoms with Gasteiger partial charge in [-0.15, -0.1) is 0 Å². The first-order valence-electron chi connectivity index (χ1n) is 7.09. The van der Waals surface area contributed by atoms with Crippen molar-refractivity contribution in [1.82, 2.24) is 9.78 Å². The number of aliphatic hydroxyl groups is 2. The first-order chi connectivity index (χ1) is 8.98. The van der Waals surface area contributed by atoms with Crippen molar-refractivity contribution in [3.63, 3.8) is 0 Å². The average molecular weight is 287 g/mol. The molecule has 1 aromatic heterocycles. The summed E-state index contributed by atoms with van der Waals surface area (Å²) in [7, 11) is 0. The van der Waals surface area contributed by atoms with Gasteiger partial charge in [-0.3, -0.25) is 4.68 Å². The molecular weight excluding hydrogens is 264 g/mol. The second-order valence-corrected chi connectivity index (χ2v) is 6.20. The maximum absolute atomic E-state index is 10.7. The molecule has 0 amide bonds. The summed E-state index contributed by atoms with van der Waals surface area (Å²) in [5.74, 6) is 0.614. The lowest BCUT2D eigenvalue weighted by Gasteiger charge is -2.38. The van der Waals surface area contributed by atoms with Gasteiger partial charge in [-0.1, -0.05) is 25.4 Å². The largest absolute Gasteiger partial charge is 0.387 e. The predicted octanol–water partition coefficient (Wildman–Crippen LogP) is 2.92. The van der Waals surface area contributed by atoms with Crippen LogP contribution in [0.5, 0.6) is 0 Å². The highest BCUT2D eigenvalue weighted by Crippen LogP contribution is 2.41. The third-order valence-corrected chi connectivity index (χ3v) is 4.47. The summed E-state index contributed by atoms with van der Waals surface area (Å²) >= 11 is 6.13. The van der Waals surface area contributed by atoms with Crippen LogP contribution < -0.4 is 0 Å². The minimum Gasteiger partial charge on any atom is -0.387 e. The molecule has 1 fully saturated rings. The van der Waals surface area contributed by atoms with Crippen molar-refractivity contribution in [1.29, 1.82) is 0 Å². The first-order valence-corrected chi connectivity index (χ1v) is 7.47. The molecule has 2 N–H and O–H groups in total. The van der Waals surface area contributed by atoms with E-state index in [4.69, 9.17) is 11.6 Å². The van der Waals surface area contributed by atoms with Gasteiger partial charge in [0.05, 0.1) is 22.5 Å². The van der Waals surface area contributed by atoms with E-state index in [2.05, 4.69) is 12.0 Å². The number of rotatable bonds is 4. The van der Waals surface area contributed by atoms with Crippen LogP contribution in [0.1, 0.15) is 57.7 Å². The molecule has 1 aliphatic rings. The number of aliphatic hydroxyl groups excluding tert-OH is 1. The lowest BCUT2D eigenvalue weighted by molar-refractivity contribution is -0.108. The van der Waals surface area contributed by atoms with Gasteiger partial charge in [-0.05, 0) is 38.0 Å². The molecule has 0 radical (unpaired) electrons. The molecule has 0 bridgehead atoms. The van der Waals surface area contributed by atoms with E-state index >= 15 is 0 Å². The van der Waals surface area contributed by atoms with Crippen LogP contribution in [0.4, 0.5) is 0 Å². The molecule has 0 aromatic carbocycles. The highest BCUT2D eigenvalue weighted by atomic mass is 35.5. The van der Waals surface area contributed by atoms with Crippen molar-refractivity contribution in [2.24, 2.45) is 5.92 Å². The van der Waals surface area contributed by atoms with Crippen molar-refractivity contribution in [3.8, 4) is 0 Å². The molecule has 1 aliphatic carbocycles. The minimum atomic E-state index is -1.07. The highest BCUT2D eigenvalue weighted by Gasteiger charge is 2.41. The summed E-state index contributed by atoms with van der Waals surface area (Å²) in [6, 6.07) is 0. The molecule has 1 saturated carbocycles. The number of aryl methyl sites for hydroxylation is 1. The van der Waals surface area contributed by atoms with E-state index in [-0.39, 0.29) is 0 Å². The van der Waals surface area contributed by atoms with Crippen LogP contribution in [0, 0.1) is 5.92 Å². The highest BCUT2D eigenvalue weighted by molar-refractivity contribution is 6.31. The van der Waals surface area contributed by atoms with Gasteiger partial charge >= 0.3 is 0 Å². The molecule has 19 heavy (non-hydrogen) atoms. The summed E-state index contributed by atoms with van der Waals surface area (Å²) < 4.78 is 1.71. The van der Waals surface area contributed by atoms with E-state index in [0.717, 1.165) is 19.3 Å². The number of aromatic nitrogens is 2. The normalized spacial score (nSPS) is 29.4. The Hall–Kier alpha value is -0.580. The van der Waals surface area contributed by atoms with Gasteiger partial charge in [0.1, 0.15) is 6.10 Å². The Morgan fingerprint density at radius 2 is 2.16 bits per heavy atom. The summed E-state index contributed by atoms with van der Waals surface area (Å²) in [5, 5.41) is 25.9. The summed E-state index contributed by atoms with van der Waals surface area (Å²) in [6.45, 7) is 4.93. The molecule has 0 spiro atoms. The zero-order chi connectivity index (χ0) is 14.0. The zero-order valence-corrected chi connectivity index (χ0v) is 12.4. The molecule has 1 atom stereocenters. The van der Waals surface area contributed by atoms with Crippen LogP contribution in [0.2, 0.25) is 5.02 Å². The van der Waals surface area contributed by atoms with Crippen molar-refractivity contribution in [3.05, 3.63) is 16.9 Å². The Labute approximate surface area is 119 Å². The van der Waals surface area contributed by atoms with E-state index < -0.39 is 11.7 Å². The maximum Gasteiger partial charge on any atom is 0.126 e. The predicted molar refractivity (Wildman–Crippen MR) is 75.1 cm³/mol. The smallest absolute Gasteiger partial charge is 0.126 e. The Kier molecular flexibility index (Phi) is 4.54. The van der Waals surface area contributed by atoms with Gasteiger partial charge in [-0.2, -0.15) is 5.10 Å². The Morgan fingerprint density at radius 3 is 2.74 bits per heavy atom. The van der Waals surface area contributed by atoms with Crippen LogP contribution in [0.25, 0.3) is 0 Å². The topological polar surface area (TPSA) is 58.3 Å². The first kappa shape index (κ1) is 14.8. The fraction of sp³-hybridized carbons (Fsp3) is 0.786. The van der Waals surface area contributed by atoms with Gasteiger partial charge in [0, 0.05) is 6.54 Å². The van der Waals surface area contributed by atoms with Crippen molar-refractivity contribution in [2.75, 3.05) is 0 Å². The van der Waals surface area contributed by atoms with Crippen LogP contribution in [0.15, 0.2) is 6.20 Å². The quantitative estimate of drug-likeness (QED) is 0.895. The molecule has 1 aromatic rings. The van der Waals surface area contributed by atoms with Gasteiger partial charge in [0.2, 0.25) is 0 Å². The average Bonchev–Trinajstić information content (AvgIpc) is 2.74. The third kappa shape index (κ3) is 2.96. The second kappa shape index (κ2) is 5.81. The Balaban J connectivity index is 2.23. The van der Waals surface area contributed by atoms with Crippen LogP contribution in [-0.4, -0.2) is 25.6 Å². The van der Waals surface area contributed by atoms with Crippen molar-refractivity contribution in [2.45, 2.75) is 64.2 Å². The standard InChI is InChI=1S/C14H23ClN2O2/c1-3-8-17-12(11(15)9-16-17)13(18)14(19)6-4-10(2)5-7-14/h9-10,13,18-19H,3-8H2,1-2H3. The minimum absolute atomic E-state index is 0.438. The Bertz CT molecular complexity index is 425. The molecule has 1 unspecified atom stereocenters. The van der Waals surface area contributed by atoms with E-state index in [1.807, 2.05) is 6.92 Å². The van der Waals surface area contributed by atoms with Gasteiger partial charge in [0.15, 0.2) is 0 Å². The molecular formula is C14H23ClN2O2. The van der Waals surface area contributed by atoms with Crippen molar-refractivity contribution >= 4 is 11.6 Å². The number of nitrogens with zero attached hydrogens (tertiary/aromatic N) is 2. The summed E-state index contributed by atoms with van der Waals surface area (Å²) in [5.41, 5.74) is -0.512. The molecule has 2 rings (SSSR count). The lowest BCUT2D eigenvalue weighted by Crippen LogP contribution is -2.40. The van der Waals surface area contributed by atoms with E-state index in [9.17, 15) is 10.2 Å². The van der Waals surface area contributed by atoms with E-state index in [0.29, 0.717) is 36.0 Å². The SMILES string of the molecule is CCCn1ncc(Cl)c1C(O)C1(O)CCC(C)CC1. The van der Waals surface area contributed by atoms with Gasteiger partial charge in [0.25, 0.3) is 0 Å². The van der Waals surface area contributed by atoms with Gasteiger partial charge < -0.3 is 10.2 Å². The number of halogens is 1. The fourth-order valence-corrected chi connectivity index (χ4v) is 3.07. The van der Waals surface area contributed by atoms with Crippen LogP contribution in [0.3, 0.4) is 0 Å². The van der Waals surface area contributed by atoms with E-state index in [1.165, 1.54) is 0 Å². The molecule has 0 saturated heterocycles. The van der Waals surface area contributed by atoms with Crippen molar-refractivity contribution < 1.29 is 10.2 Å². The molecule has 5 heteroatoms. The van der Waals surface area contributed by atoms with Crippen LogP contribution >= 0.6 is 11.6 Å². The number of hydrogen-bond acceptors (Lipinski definition) is 3. The van der Waals surface area contributed by atoms with E-state index in [1.54, 1.807) is 10.9 Å². The van der Waals surface area contributed by atoms with Crippen LogP contribution in [-0.2, 0) is 6.54 Å². The monoisotopic (exact) mass is 286 g/mol. The summed E-state index contributed by atoms with van der Waals surface area (Å²) in [6.07, 6.45) is 4.60. The lowest BCUT2D eigenvalue weighted by atomic mass is 9.76. The zero-order valence-electron chi connectivity index (χ0n) is 11.6. The molecule has 0 aliphatic heterocycles. The molecule has 1 heterocycles. The molecule has 108 valence electrons. The van der Waals surface area contributed by atoms with Gasteiger partial charge in [-0.25, -0.2) is 0 Å².